The van der Waals surface area contributed by atoms with Gasteiger partial charge in [-0.2, -0.15) is 0 Å². The number of nitrogens with one attached hydrogen (secondary N) is 3. The molecule has 2 rings (SSSR count). The highest BCUT2D eigenvalue weighted by Crippen LogP contribution is 2.26. The van der Waals surface area contributed by atoms with Gasteiger partial charge in [0.25, 0.3) is 0 Å². The SMILES string of the molecule is CNCCNCc1c[nH]cc1-c1ccc(OC(C)C)cc1. The molecule has 0 aliphatic heterocycles. The number of hydrogen-bond acceptors (Lipinski definition) is 3. The van der Waals surface area contributed by atoms with Crippen LogP contribution >= 0.6 is 0 Å². The summed E-state index contributed by atoms with van der Waals surface area (Å²) >= 11 is 0. The van der Waals surface area contributed by atoms with Gasteiger partial charge in [-0.15, -0.1) is 0 Å². The highest BCUT2D eigenvalue weighted by atomic mass is 16.5. The lowest BCUT2D eigenvalue weighted by Gasteiger charge is -2.10. The van der Waals surface area contributed by atoms with Gasteiger partial charge < -0.3 is 20.4 Å². The minimum Gasteiger partial charge on any atom is -0.491 e. The highest BCUT2D eigenvalue weighted by molar-refractivity contribution is 5.67. The molecule has 0 amide bonds. The normalized spacial score (nSPS) is 11.0. The average Bonchev–Trinajstić information content (AvgIpc) is 2.92. The average molecular weight is 287 g/mol. The molecular weight excluding hydrogens is 262 g/mol. The molecule has 0 radical (unpaired) electrons. The fraction of sp³-hybridized carbons (Fsp3) is 0.412. The number of likely N-dealkylation sites (N-methyl/N-ethyl adjacent to an activating group) is 1. The van der Waals surface area contributed by atoms with Gasteiger partial charge in [0.15, 0.2) is 0 Å². The van der Waals surface area contributed by atoms with Gasteiger partial charge in [0, 0.05) is 37.6 Å². The van der Waals surface area contributed by atoms with Gasteiger partial charge >= 0.3 is 0 Å². The van der Waals surface area contributed by atoms with E-state index in [1.54, 1.807) is 0 Å². The van der Waals surface area contributed by atoms with E-state index in [1.807, 2.05) is 39.2 Å². The fourth-order valence-electron chi connectivity index (χ4n) is 2.23. The molecule has 0 saturated carbocycles. The second-order valence-corrected chi connectivity index (χ2v) is 5.37. The van der Waals surface area contributed by atoms with Crippen LogP contribution in [0, 0.1) is 0 Å². The van der Waals surface area contributed by atoms with Crippen molar-refractivity contribution < 1.29 is 4.74 Å². The second kappa shape index (κ2) is 7.86. The third kappa shape index (κ3) is 4.62. The summed E-state index contributed by atoms with van der Waals surface area (Å²) in [5.41, 5.74) is 3.73. The molecule has 21 heavy (non-hydrogen) atoms. The highest BCUT2D eigenvalue weighted by Gasteiger charge is 2.06. The fourth-order valence-corrected chi connectivity index (χ4v) is 2.23. The van der Waals surface area contributed by atoms with E-state index in [2.05, 4.69) is 33.9 Å². The van der Waals surface area contributed by atoms with E-state index in [9.17, 15) is 0 Å². The van der Waals surface area contributed by atoms with E-state index in [1.165, 1.54) is 16.7 Å². The van der Waals surface area contributed by atoms with Crippen molar-refractivity contribution in [3.8, 4) is 16.9 Å². The molecule has 1 aromatic carbocycles. The third-order valence-corrected chi connectivity index (χ3v) is 3.24. The van der Waals surface area contributed by atoms with Crippen molar-refractivity contribution in [3.05, 3.63) is 42.2 Å². The van der Waals surface area contributed by atoms with Crippen LogP contribution < -0.4 is 15.4 Å². The lowest BCUT2D eigenvalue weighted by Crippen LogP contribution is -2.24. The molecule has 4 heteroatoms. The van der Waals surface area contributed by atoms with Crippen molar-refractivity contribution >= 4 is 0 Å². The number of rotatable bonds is 8. The Morgan fingerprint density at radius 3 is 2.52 bits per heavy atom. The minimum absolute atomic E-state index is 0.204. The summed E-state index contributed by atoms with van der Waals surface area (Å²) in [6.45, 7) is 6.87. The topological polar surface area (TPSA) is 49.1 Å². The van der Waals surface area contributed by atoms with Gasteiger partial charge in [-0.3, -0.25) is 0 Å². The van der Waals surface area contributed by atoms with Crippen LogP contribution in [0.5, 0.6) is 5.75 Å². The predicted molar refractivity (Wildman–Crippen MR) is 87.6 cm³/mol. The standard InChI is InChI=1S/C17H25N3O/c1-13(2)21-16-6-4-14(5-7-16)17-12-20-11-15(17)10-19-9-8-18-3/h4-7,11-13,18-20H,8-10H2,1-3H3. The molecule has 0 saturated heterocycles. The van der Waals surface area contributed by atoms with Crippen molar-refractivity contribution in [2.24, 2.45) is 0 Å². The Hall–Kier alpha value is -1.78. The first kappa shape index (κ1) is 15.6. The van der Waals surface area contributed by atoms with Crippen molar-refractivity contribution in [1.29, 1.82) is 0 Å². The molecule has 1 aromatic heterocycles. The number of aromatic amines is 1. The zero-order valence-electron chi connectivity index (χ0n) is 13.1. The molecule has 4 nitrogen and oxygen atoms in total. The van der Waals surface area contributed by atoms with E-state index in [0.29, 0.717) is 0 Å². The maximum Gasteiger partial charge on any atom is 0.119 e. The Kier molecular flexibility index (Phi) is 5.84. The first-order chi connectivity index (χ1) is 10.2. The number of hydrogen-bond donors (Lipinski definition) is 3. The van der Waals surface area contributed by atoms with Crippen molar-refractivity contribution in [3.63, 3.8) is 0 Å². The summed E-state index contributed by atoms with van der Waals surface area (Å²) in [4.78, 5) is 3.20. The molecule has 0 bridgehead atoms. The first-order valence-electron chi connectivity index (χ1n) is 7.48. The van der Waals surface area contributed by atoms with E-state index >= 15 is 0 Å². The maximum atomic E-state index is 5.68. The van der Waals surface area contributed by atoms with E-state index < -0.39 is 0 Å². The van der Waals surface area contributed by atoms with E-state index in [-0.39, 0.29) is 6.10 Å². The molecule has 0 fully saturated rings. The number of aromatic nitrogens is 1. The van der Waals surface area contributed by atoms with E-state index in [4.69, 9.17) is 4.74 Å². The molecule has 2 aromatic rings. The zero-order valence-corrected chi connectivity index (χ0v) is 13.1. The first-order valence-corrected chi connectivity index (χ1v) is 7.48. The summed E-state index contributed by atoms with van der Waals surface area (Å²) in [5, 5.41) is 6.56. The minimum atomic E-state index is 0.204. The van der Waals surface area contributed by atoms with Crippen LogP contribution in [0.4, 0.5) is 0 Å². The van der Waals surface area contributed by atoms with Crippen LogP contribution in [0.3, 0.4) is 0 Å². The van der Waals surface area contributed by atoms with Crippen LogP contribution in [0.25, 0.3) is 11.1 Å². The number of benzene rings is 1. The van der Waals surface area contributed by atoms with Gasteiger partial charge in [0.2, 0.25) is 0 Å². The van der Waals surface area contributed by atoms with Crippen LogP contribution in [0.1, 0.15) is 19.4 Å². The number of ether oxygens (including phenoxy) is 1. The molecule has 0 aliphatic carbocycles. The molecule has 0 aliphatic rings. The van der Waals surface area contributed by atoms with Gasteiger partial charge in [0.05, 0.1) is 6.10 Å². The van der Waals surface area contributed by atoms with Crippen LogP contribution in [-0.2, 0) is 6.54 Å². The summed E-state index contributed by atoms with van der Waals surface area (Å²) in [7, 11) is 1.96. The van der Waals surface area contributed by atoms with Gasteiger partial charge in [-0.05, 0) is 44.2 Å². The zero-order chi connectivity index (χ0) is 15.1. The summed E-state index contributed by atoms with van der Waals surface area (Å²) in [6.07, 6.45) is 4.31. The van der Waals surface area contributed by atoms with Gasteiger partial charge in [-0.25, -0.2) is 0 Å². The molecule has 0 unspecified atom stereocenters. The van der Waals surface area contributed by atoms with Crippen LogP contribution in [-0.4, -0.2) is 31.2 Å². The smallest absolute Gasteiger partial charge is 0.119 e. The molecular formula is C17H25N3O. The molecule has 114 valence electrons. The van der Waals surface area contributed by atoms with Crippen LogP contribution in [0.15, 0.2) is 36.7 Å². The van der Waals surface area contributed by atoms with Gasteiger partial charge in [0.1, 0.15) is 5.75 Å². The Morgan fingerprint density at radius 1 is 1.10 bits per heavy atom. The quantitative estimate of drug-likeness (QED) is 0.654. The van der Waals surface area contributed by atoms with E-state index in [0.717, 1.165) is 25.4 Å². The largest absolute Gasteiger partial charge is 0.491 e. The molecule has 0 atom stereocenters. The van der Waals surface area contributed by atoms with Crippen molar-refractivity contribution in [1.82, 2.24) is 15.6 Å². The summed E-state index contributed by atoms with van der Waals surface area (Å²) < 4.78 is 5.68. The Balaban J connectivity index is 2.02. The Morgan fingerprint density at radius 2 is 1.86 bits per heavy atom. The second-order valence-electron chi connectivity index (χ2n) is 5.37. The van der Waals surface area contributed by atoms with Crippen LogP contribution in [0.2, 0.25) is 0 Å². The summed E-state index contributed by atoms with van der Waals surface area (Å²) in [6, 6.07) is 8.27. The summed E-state index contributed by atoms with van der Waals surface area (Å²) in [5.74, 6) is 0.915. The lowest BCUT2D eigenvalue weighted by molar-refractivity contribution is 0.242. The molecule has 3 N–H and O–H groups in total. The third-order valence-electron chi connectivity index (χ3n) is 3.24. The van der Waals surface area contributed by atoms with Crippen molar-refractivity contribution in [2.75, 3.05) is 20.1 Å². The van der Waals surface area contributed by atoms with Crippen molar-refractivity contribution in [2.45, 2.75) is 26.5 Å². The molecule has 1 heterocycles. The lowest BCUT2D eigenvalue weighted by atomic mass is 10.0. The predicted octanol–water partition coefficient (Wildman–Crippen LogP) is 2.78. The number of H-pyrrole nitrogens is 1. The Bertz CT molecular complexity index is 531. The Labute approximate surface area is 126 Å². The molecule has 0 spiro atoms. The monoisotopic (exact) mass is 287 g/mol. The van der Waals surface area contributed by atoms with Gasteiger partial charge in [-0.1, -0.05) is 12.1 Å². The maximum absolute atomic E-state index is 5.68.